The number of amidine groups is 1. The largest absolute Gasteiger partial charge is 0.497 e. The van der Waals surface area contributed by atoms with Gasteiger partial charge in [-0.05, 0) is 47.4 Å². The van der Waals surface area contributed by atoms with Crippen LogP contribution in [-0.4, -0.2) is 29.6 Å². The zero-order valence-electron chi connectivity index (χ0n) is 16.2. The number of amides is 1. The maximum Gasteiger partial charge on any atom is 0.278 e. The van der Waals surface area contributed by atoms with Gasteiger partial charge in [-0.2, -0.15) is 0 Å². The number of aliphatic imine (C=N–C) groups is 1. The fourth-order valence-corrected chi connectivity index (χ4v) is 3.84. The Labute approximate surface area is 175 Å². The van der Waals surface area contributed by atoms with Gasteiger partial charge < -0.3 is 4.74 Å². The molecule has 0 saturated heterocycles. The minimum Gasteiger partial charge on any atom is -0.497 e. The van der Waals surface area contributed by atoms with E-state index < -0.39 is 0 Å². The van der Waals surface area contributed by atoms with Crippen LogP contribution in [-0.2, 0) is 10.5 Å². The number of thioether (sulfide) groups is 1. The third-order valence-electron chi connectivity index (χ3n) is 4.16. The molecule has 0 fully saturated rings. The monoisotopic (exact) mass is 414 g/mol. The van der Waals surface area contributed by atoms with Gasteiger partial charge in [-0.15, -0.1) is 0 Å². The van der Waals surface area contributed by atoms with Crippen molar-refractivity contribution in [2.75, 3.05) is 13.7 Å². The van der Waals surface area contributed by atoms with Crippen LogP contribution in [0.5, 0.6) is 5.75 Å². The molecule has 3 rings (SSSR count). The minimum atomic E-state index is -0.0527. The zero-order chi connectivity index (χ0) is 20.1. The van der Waals surface area contributed by atoms with Crippen molar-refractivity contribution in [2.45, 2.75) is 19.6 Å². The van der Waals surface area contributed by atoms with Crippen molar-refractivity contribution < 1.29 is 9.53 Å². The molecular weight excluding hydrogens is 392 g/mol. The minimum absolute atomic E-state index is 0.0527. The van der Waals surface area contributed by atoms with E-state index >= 15 is 0 Å². The molecule has 2 aromatic rings. The van der Waals surface area contributed by atoms with Crippen LogP contribution < -0.4 is 4.74 Å². The van der Waals surface area contributed by atoms with Gasteiger partial charge in [0.15, 0.2) is 5.17 Å². The summed E-state index contributed by atoms with van der Waals surface area (Å²) >= 11 is 7.52. The summed E-state index contributed by atoms with van der Waals surface area (Å²) in [7, 11) is 1.63. The number of halogens is 1. The molecule has 28 heavy (non-hydrogen) atoms. The first kappa shape index (κ1) is 20.5. The number of carbonyl (C=O) groups excluding carboxylic acids is 1. The van der Waals surface area contributed by atoms with E-state index in [1.165, 1.54) is 0 Å². The lowest BCUT2D eigenvalue weighted by Crippen LogP contribution is -2.33. The number of hydrogen-bond acceptors (Lipinski definition) is 4. The molecule has 4 nitrogen and oxygen atoms in total. The Hall–Kier alpha value is -2.24. The molecule has 2 aromatic carbocycles. The van der Waals surface area contributed by atoms with Crippen LogP contribution in [0.15, 0.2) is 59.2 Å². The number of ether oxygens (including phenoxy) is 1. The second-order valence-corrected chi connectivity index (χ2v) is 8.30. The number of benzene rings is 2. The predicted octanol–water partition coefficient (Wildman–Crippen LogP) is 5.48. The Bertz CT molecular complexity index is 890. The van der Waals surface area contributed by atoms with Crippen molar-refractivity contribution in [2.24, 2.45) is 10.9 Å². The lowest BCUT2D eigenvalue weighted by atomic mass is 10.1. The van der Waals surface area contributed by atoms with E-state index in [0.29, 0.717) is 23.2 Å². The Balaban J connectivity index is 1.81. The highest BCUT2D eigenvalue weighted by Crippen LogP contribution is 2.27. The van der Waals surface area contributed by atoms with Crippen LogP contribution in [0.2, 0.25) is 5.02 Å². The van der Waals surface area contributed by atoms with E-state index in [1.807, 2.05) is 54.6 Å². The van der Waals surface area contributed by atoms with Crippen molar-refractivity contribution in [3.63, 3.8) is 0 Å². The van der Waals surface area contributed by atoms with Crippen molar-refractivity contribution >= 4 is 40.5 Å². The quantitative estimate of drug-likeness (QED) is 0.588. The van der Waals surface area contributed by atoms with Crippen molar-refractivity contribution in [3.8, 4) is 5.75 Å². The van der Waals surface area contributed by atoms with E-state index in [9.17, 15) is 4.79 Å². The fraction of sp³-hybridized carbons (Fsp3) is 0.273. The molecule has 0 spiro atoms. The normalized spacial score (nSPS) is 15.5. The Morgan fingerprint density at radius 1 is 1.14 bits per heavy atom. The van der Waals surface area contributed by atoms with Gasteiger partial charge in [-0.25, -0.2) is 4.99 Å². The molecule has 1 aliphatic heterocycles. The van der Waals surface area contributed by atoms with E-state index in [1.54, 1.807) is 23.8 Å². The van der Waals surface area contributed by atoms with Gasteiger partial charge in [-0.3, -0.25) is 9.69 Å². The van der Waals surface area contributed by atoms with Crippen LogP contribution >= 0.6 is 23.4 Å². The molecule has 1 heterocycles. The van der Waals surface area contributed by atoms with Crippen LogP contribution in [0, 0.1) is 5.92 Å². The van der Waals surface area contributed by atoms with Gasteiger partial charge in [0.25, 0.3) is 5.91 Å². The third kappa shape index (κ3) is 5.18. The van der Waals surface area contributed by atoms with Crippen LogP contribution in [0.25, 0.3) is 6.08 Å². The van der Waals surface area contributed by atoms with Gasteiger partial charge >= 0.3 is 0 Å². The second kappa shape index (κ2) is 9.30. The molecule has 0 unspecified atom stereocenters. The molecule has 0 bridgehead atoms. The molecule has 6 heteroatoms. The molecule has 1 amide bonds. The van der Waals surface area contributed by atoms with E-state index in [-0.39, 0.29) is 5.91 Å². The van der Waals surface area contributed by atoms with Crippen LogP contribution in [0.3, 0.4) is 0 Å². The molecular formula is C22H23ClN2O2S. The highest BCUT2D eigenvalue weighted by Gasteiger charge is 2.30. The summed E-state index contributed by atoms with van der Waals surface area (Å²) in [5.74, 6) is 1.81. The van der Waals surface area contributed by atoms with Gasteiger partial charge in [-0.1, -0.05) is 61.5 Å². The van der Waals surface area contributed by atoms with Gasteiger partial charge in [0.1, 0.15) is 11.4 Å². The highest BCUT2D eigenvalue weighted by atomic mass is 35.5. The van der Waals surface area contributed by atoms with E-state index in [0.717, 1.165) is 27.8 Å². The first-order valence-corrected chi connectivity index (χ1v) is 10.5. The number of carbonyl (C=O) groups is 1. The number of nitrogens with zero attached hydrogens (tertiary/aromatic N) is 2. The van der Waals surface area contributed by atoms with Crippen LogP contribution in [0.1, 0.15) is 25.0 Å². The van der Waals surface area contributed by atoms with Crippen LogP contribution in [0.4, 0.5) is 0 Å². The Kier molecular flexibility index (Phi) is 6.81. The van der Waals surface area contributed by atoms with E-state index in [2.05, 4.69) is 18.8 Å². The van der Waals surface area contributed by atoms with E-state index in [4.69, 9.17) is 16.3 Å². The number of hydrogen-bond donors (Lipinski definition) is 0. The lowest BCUT2D eigenvalue weighted by Gasteiger charge is -2.19. The maximum absolute atomic E-state index is 12.9. The fourth-order valence-electron chi connectivity index (χ4n) is 2.75. The smallest absolute Gasteiger partial charge is 0.278 e. The Morgan fingerprint density at radius 2 is 1.82 bits per heavy atom. The van der Waals surface area contributed by atoms with Gasteiger partial charge in [0, 0.05) is 17.3 Å². The molecule has 146 valence electrons. The third-order valence-corrected chi connectivity index (χ3v) is 5.46. The average molecular weight is 415 g/mol. The standard InChI is InChI=1S/C22H23ClN2O2S/c1-15(2)13-25-21(26)20(12-16-6-10-19(27-3)11-7-16)24-22(25)28-14-17-4-8-18(23)9-5-17/h4-12,15H,13-14H2,1-3H3/b20-12-. The average Bonchev–Trinajstić information content (AvgIpc) is 2.96. The Morgan fingerprint density at radius 3 is 2.43 bits per heavy atom. The van der Waals surface area contributed by atoms with Crippen molar-refractivity contribution in [1.82, 2.24) is 4.90 Å². The summed E-state index contributed by atoms with van der Waals surface area (Å²) < 4.78 is 5.18. The SMILES string of the molecule is COc1ccc(/C=C2\N=C(SCc3ccc(Cl)cc3)N(CC(C)C)C2=O)cc1. The van der Waals surface area contributed by atoms with Gasteiger partial charge in [0.2, 0.25) is 0 Å². The van der Waals surface area contributed by atoms with Crippen molar-refractivity contribution in [3.05, 3.63) is 70.4 Å². The molecule has 0 radical (unpaired) electrons. The molecule has 0 N–H and O–H groups in total. The summed E-state index contributed by atoms with van der Waals surface area (Å²) in [6.07, 6.45) is 1.82. The van der Waals surface area contributed by atoms with Gasteiger partial charge in [0.05, 0.1) is 7.11 Å². The predicted molar refractivity (Wildman–Crippen MR) is 118 cm³/mol. The van der Waals surface area contributed by atoms with Crippen molar-refractivity contribution in [1.29, 1.82) is 0 Å². The maximum atomic E-state index is 12.9. The molecule has 0 atom stereocenters. The summed E-state index contributed by atoms with van der Waals surface area (Å²) in [5, 5.41) is 1.46. The number of rotatable bonds is 6. The highest BCUT2D eigenvalue weighted by molar-refractivity contribution is 8.13. The summed E-state index contributed by atoms with van der Waals surface area (Å²) in [6.45, 7) is 4.84. The first-order chi connectivity index (χ1) is 13.5. The summed E-state index contributed by atoms with van der Waals surface area (Å²) in [5.41, 5.74) is 2.52. The second-order valence-electron chi connectivity index (χ2n) is 6.92. The number of methoxy groups -OCH3 is 1. The molecule has 0 aromatic heterocycles. The summed E-state index contributed by atoms with van der Waals surface area (Å²) in [6, 6.07) is 15.3. The molecule has 0 aliphatic carbocycles. The lowest BCUT2D eigenvalue weighted by molar-refractivity contribution is -0.122. The summed E-state index contributed by atoms with van der Waals surface area (Å²) in [4.78, 5) is 19.3. The topological polar surface area (TPSA) is 41.9 Å². The first-order valence-electron chi connectivity index (χ1n) is 9.10. The molecule has 0 saturated carbocycles. The molecule has 1 aliphatic rings. The zero-order valence-corrected chi connectivity index (χ0v) is 17.8.